The summed E-state index contributed by atoms with van der Waals surface area (Å²) in [7, 11) is -3.45. The first-order chi connectivity index (χ1) is 8.24. The molecule has 0 amide bonds. The van der Waals surface area contributed by atoms with Gasteiger partial charge in [0.1, 0.15) is 5.82 Å². The minimum atomic E-state index is -3.45. The van der Waals surface area contributed by atoms with E-state index in [1.54, 1.807) is 33.2 Å². The lowest BCUT2D eigenvalue weighted by atomic mass is 10.1. The molecule has 18 heavy (non-hydrogen) atoms. The van der Waals surface area contributed by atoms with Crippen molar-refractivity contribution in [3.63, 3.8) is 0 Å². The molecule has 0 fully saturated rings. The van der Waals surface area contributed by atoms with Gasteiger partial charge in [-0.1, -0.05) is 13.5 Å². The van der Waals surface area contributed by atoms with E-state index in [4.69, 9.17) is 0 Å². The van der Waals surface area contributed by atoms with Crippen molar-refractivity contribution in [3.05, 3.63) is 36.1 Å². The average molecular weight is 269 g/mol. The van der Waals surface area contributed by atoms with Gasteiger partial charge in [-0.25, -0.2) is 18.4 Å². The summed E-state index contributed by atoms with van der Waals surface area (Å²) in [5.41, 5.74) is 1.35. The van der Waals surface area contributed by atoms with Crippen molar-refractivity contribution in [3.8, 4) is 0 Å². The molecule has 0 aliphatic rings. The highest BCUT2D eigenvalue weighted by atomic mass is 32.2. The fraction of sp³-hybridized carbons (Fsp3) is 0.500. The lowest BCUT2D eigenvalue weighted by molar-refractivity contribution is 0.555. The van der Waals surface area contributed by atoms with Crippen LogP contribution in [0.1, 0.15) is 38.1 Å². The van der Waals surface area contributed by atoms with Crippen molar-refractivity contribution >= 4 is 10.0 Å². The molecule has 0 spiro atoms. The SMILES string of the molecule is C=C(C)NS(=O)(=O)[C@@H](C)[C@H](C)c1ncc(C)cn1. The first-order valence-electron chi connectivity index (χ1n) is 5.69. The van der Waals surface area contributed by atoms with Crippen molar-refractivity contribution in [2.24, 2.45) is 0 Å². The predicted molar refractivity (Wildman–Crippen MR) is 71.5 cm³/mol. The second-order valence-corrected chi connectivity index (χ2v) is 6.58. The van der Waals surface area contributed by atoms with E-state index in [-0.39, 0.29) is 5.92 Å². The Morgan fingerprint density at radius 2 is 1.83 bits per heavy atom. The monoisotopic (exact) mass is 269 g/mol. The van der Waals surface area contributed by atoms with Gasteiger partial charge in [0, 0.05) is 24.0 Å². The van der Waals surface area contributed by atoms with Crippen molar-refractivity contribution in [1.82, 2.24) is 14.7 Å². The van der Waals surface area contributed by atoms with Gasteiger partial charge in [0.05, 0.1) is 5.25 Å². The molecular weight excluding hydrogens is 250 g/mol. The van der Waals surface area contributed by atoms with E-state index in [1.165, 1.54) is 0 Å². The van der Waals surface area contributed by atoms with Gasteiger partial charge < -0.3 is 0 Å². The second-order valence-electron chi connectivity index (χ2n) is 4.54. The lowest BCUT2D eigenvalue weighted by Gasteiger charge is -2.20. The predicted octanol–water partition coefficient (Wildman–Crippen LogP) is 1.73. The Labute approximate surface area is 108 Å². The summed E-state index contributed by atoms with van der Waals surface area (Å²) < 4.78 is 26.4. The van der Waals surface area contributed by atoms with Crippen LogP contribution in [-0.2, 0) is 10.0 Å². The molecule has 100 valence electrons. The largest absolute Gasteiger partial charge is 0.288 e. The van der Waals surface area contributed by atoms with E-state index < -0.39 is 15.3 Å². The number of sulfonamides is 1. The zero-order valence-corrected chi connectivity index (χ0v) is 12.0. The molecular formula is C12H19N3O2S. The number of nitrogens with zero attached hydrogens (tertiary/aromatic N) is 2. The van der Waals surface area contributed by atoms with Crippen LogP contribution < -0.4 is 4.72 Å². The van der Waals surface area contributed by atoms with Gasteiger partial charge in [-0.3, -0.25) is 4.72 Å². The molecule has 0 unspecified atom stereocenters. The summed E-state index contributed by atoms with van der Waals surface area (Å²) in [5, 5.41) is -0.628. The van der Waals surface area contributed by atoms with Gasteiger partial charge in [-0.05, 0) is 26.3 Å². The van der Waals surface area contributed by atoms with Crippen molar-refractivity contribution in [1.29, 1.82) is 0 Å². The summed E-state index contributed by atoms with van der Waals surface area (Å²) in [6.07, 6.45) is 3.37. The van der Waals surface area contributed by atoms with Gasteiger partial charge >= 0.3 is 0 Å². The first kappa shape index (κ1) is 14.6. The summed E-state index contributed by atoms with van der Waals surface area (Å²) in [4.78, 5) is 8.33. The van der Waals surface area contributed by atoms with Crippen LogP contribution in [0.4, 0.5) is 0 Å². The molecule has 0 saturated heterocycles. The Balaban J connectivity index is 2.93. The Hall–Kier alpha value is -1.43. The van der Waals surface area contributed by atoms with Gasteiger partial charge in [0.15, 0.2) is 0 Å². The zero-order chi connectivity index (χ0) is 13.9. The molecule has 1 aromatic rings. The molecule has 6 heteroatoms. The number of hydrogen-bond acceptors (Lipinski definition) is 4. The van der Waals surface area contributed by atoms with Crippen LogP contribution in [0.2, 0.25) is 0 Å². The van der Waals surface area contributed by atoms with Gasteiger partial charge in [0.2, 0.25) is 10.0 Å². The normalized spacial score (nSPS) is 14.9. The maximum absolute atomic E-state index is 12.0. The zero-order valence-electron chi connectivity index (χ0n) is 11.1. The third kappa shape index (κ3) is 3.53. The third-order valence-electron chi connectivity index (χ3n) is 2.72. The van der Waals surface area contributed by atoms with Gasteiger partial charge in [-0.15, -0.1) is 0 Å². The molecule has 0 radical (unpaired) electrons. The minimum Gasteiger partial charge on any atom is -0.288 e. The number of allylic oxidation sites excluding steroid dienone is 1. The van der Waals surface area contributed by atoms with E-state index in [0.717, 1.165) is 5.56 Å². The second kappa shape index (κ2) is 5.48. The van der Waals surface area contributed by atoms with E-state index in [2.05, 4.69) is 21.3 Å². The highest BCUT2D eigenvalue weighted by Gasteiger charge is 2.28. The fourth-order valence-electron chi connectivity index (χ4n) is 1.45. The smallest absolute Gasteiger partial charge is 0.235 e. The van der Waals surface area contributed by atoms with Crippen LogP contribution in [-0.4, -0.2) is 23.6 Å². The van der Waals surface area contributed by atoms with Crippen LogP contribution in [0.5, 0.6) is 0 Å². The van der Waals surface area contributed by atoms with Crippen molar-refractivity contribution in [2.75, 3.05) is 0 Å². The Morgan fingerprint density at radius 3 is 2.28 bits per heavy atom. The average Bonchev–Trinajstić information content (AvgIpc) is 2.26. The maximum atomic E-state index is 12.0. The van der Waals surface area contributed by atoms with Crippen LogP contribution in [0.15, 0.2) is 24.7 Å². The number of hydrogen-bond donors (Lipinski definition) is 1. The Morgan fingerprint density at radius 1 is 1.33 bits per heavy atom. The van der Waals surface area contributed by atoms with Crippen LogP contribution in [0.25, 0.3) is 0 Å². The lowest BCUT2D eigenvalue weighted by Crippen LogP contribution is -2.34. The van der Waals surface area contributed by atoms with E-state index in [9.17, 15) is 8.42 Å². The summed E-state index contributed by atoms with van der Waals surface area (Å²) >= 11 is 0. The molecule has 2 atom stereocenters. The summed E-state index contributed by atoms with van der Waals surface area (Å²) in [6.45, 7) is 10.5. The summed E-state index contributed by atoms with van der Waals surface area (Å²) in [6, 6.07) is 0. The molecule has 0 bridgehead atoms. The third-order valence-corrected chi connectivity index (χ3v) is 4.74. The van der Waals surface area contributed by atoms with Crippen LogP contribution in [0.3, 0.4) is 0 Å². The van der Waals surface area contributed by atoms with E-state index >= 15 is 0 Å². The molecule has 0 aromatic carbocycles. The maximum Gasteiger partial charge on any atom is 0.235 e. The Bertz CT molecular complexity index is 523. The summed E-state index contributed by atoms with van der Waals surface area (Å²) in [5.74, 6) is 0.239. The van der Waals surface area contributed by atoms with E-state index in [0.29, 0.717) is 11.5 Å². The number of rotatable bonds is 5. The van der Waals surface area contributed by atoms with Gasteiger partial charge in [-0.2, -0.15) is 0 Å². The number of aromatic nitrogens is 2. The molecule has 1 aromatic heterocycles. The number of aryl methyl sites for hydroxylation is 1. The standard InChI is InChI=1S/C12H19N3O2S/c1-8(2)15-18(16,17)11(5)10(4)12-13-6-9(3)7-14-12/h6-7,10-11,15H,1H2,2-5H3/t10-,11-/m0/s1. The van der Waals surface area contributed by atoms with Crippen LogP contribution in [0, 0.1) is 6.92 Å². The number of nitrogens with one attached hydrogen (secondary N) is 1. The van der Waals surface area contributed by atoms with Crippen molar-refractivity contribution < 1.29 is 8.42 Å². The molecule has 1 heterocycles. The van der Waals surface area contributed by atoms with Crippen molar-refractivity contribution in [2.45, 2.75) is 38.9 Å². The minimum absolute atomic E-state index is 0.289. The highest BCUT2D eigenvalue weighted by molar-refractivity contribution is 7.90. The fourth-order valence-corrected chi connectivity index (χ4v) is 2.78. The first-order valence-corrected chi connectivity index (χ1v) is 7.24. The quantitative estimate of drug-likeness (QED) is 0.883. The van der Waals surface area contributed by atoms with Gasteiger partial charge in [0.25, 0.3) is 0 Å². The molecule has 5 nitrogen and oxygen atoms in total. The van der Waals surface area contributed by atoms with Crippen LogP contribution >= 0.6 is 0 Å². The molecule has 0 aliphatic carbocycles. The topological polar surface area (TPSA) is 72.0 Å². The molecule has 0 aliphatic heterocycles. The van der Waals surface area contributed by atoms with E-state index in [1.807, 2.05) is 6.92 Å². The highest BCUT2D eigenvalue weighted by Crippen LogP contribution is 2.20. The Kier molecular flexibility index (Phi) is 4.45. The molecule has 1 N–H and O–H groups in total. The molecule has 0 saturated carbocycles. The molecule has 1 rings (SSSR count).